The lowest BCUT2D eigenvalue weighted by atomic mass is 9.82. The summed E-state index contributed by atoms with van der Waals surface area (Å²) in [5, 5.41) is 2.03. The lowest BCUT2D eigenvalue weighted by Gasteiger charge is -2.37. The molecule has 0 N–H and O–H groups in total. The maximum atomic E-state index is 13.6. The van der Waals surface area contributed by atoms with Gasteiger partial charge in [0.05, 0.1) is 12.2 Å². The highest BCUT2D eigenvalue weighted by Gasteiger charge is 2.41. The molecule has 0 saturated heterocycles. The number of hydrogen-bond donors (Lipinski definition) is 0. The van der Waals surface area contributed by atoms with Crippen LogP contribution in [-0.4, -0.2) is 12.6 Å². The summed E-state index contributed by atoms with van der Waals surface area (Å²) in [4.78, 5) is 13.6. The van der Waals surface area contributed by atoms with E-state index in [1.807, 2.05) is 55.5 Å². The zero-order chi connectivity index (χ0) is 25.0. The maximum absolute atomic E-state index is 13.6. The normalized spacial score (nSPS) is 14.1. The van der Waals surface area contributed by atoms with Crippen molar-refractivity contribution in [3.05, 3.63) is 131 Å². The van der Waals surface area contributed by atoms with Crippen LogP contribution in [0.2, 0.25) is 0 Å². The average Bonchev–Trinajstić information content (AvgIpc) is 3.29. The number of benzene rings is 5. The Kier molecular flexibility index (Phi) is 4.80. The van der Waals surface area contributed by atoms with E-state index in [0.717, 1.165) is 49.7 Å². The Labute approximate surface area is 215 Å². The Morgan fingerprint density at radius 3 is 2.05 bits per heavy atom. The second-order valence-corrected chi connectivity index (χ2v) is 9.39. The lowest BCUT2D eigenvalue weighted by Crippen LogP contribution is -2.34. The molecule has 0 amide bonds. The Balaban J connectivity index is 1.58. The summed E-state index contributed by atoms with van der Waals surface area (Å²) in [6, 6.07) is 35.0. The Bertz CT molecular complexity index is 1680. The molecule has 0 bridgehead atoms. The molecular formula is C34H24O3. The number of fused-ring (bicyclic) bond motifs is 5. The van der Waals surface area contributed by atoms with E-state index in [0.29, 0.717) is 17.9 Å². The second kappa shape index (κ2) is 8.21. The fourth-order valence-corrected chi connectivity index (χ4v) is 5.89. The van der Waals surface area contributed by atoms with E-state index >= 15 is 0 Å². The summed E-state index contributed by atoms with van der Waals surface area (Å²) < 4.78 is 12.7. The molecule has 1 aliphatic carbocycles. The smallest absolute Gasteiger partial charge is 0.339 e. The molecule has 5 aromatic carbocycles. The van der Waals surface area contributed by atoms with Gasteiger partial charge in [0.1, 0.15) is 5.75 Å². The summed E-state index contributed by atoms with van der Waals surface area (Å²) in [6.07, 6.45) is 4.13. The van der Waals surface area contributed by atoms with Crippen LogP contribution in [0.5, 0.6) is 5.75 Å². The summed E-state index contributed by atoms with van der Waals surface area (Å²) in [6.45, 7) is 2.14. The molecule has 2 aliphatic rings. The highest BCUT2D eigenvalue weighted by atomic mass is 16.5. The minimum Gasteiger partial charge on any atom is -0.472 e. The molecule has 0 aromatic heterocycles. The van der Waals surface area contributed by atoms with Gasteiger partial charge in [0, 0.05) is 33.0 Å². The zero-order valence-corrected chi connectivity index (χ0v) is 20.4. The minimum absolute atomic E-state index is 0.302. The molecule has 0 unspecified atom stereocenters. The van der Waals surface area contributed by atoms with E-state index in [9.17, 15) is 4.79 Å². The van der Waals surface area contributed by atoms with Crippen molar-refractivity contribution in [3.63, 3.8) is 0 Å². The summed E-state index contributed by atoms with van der Waals surface area (Å²) in [5.74, 6) is 0.369. The highest BCUT2D eigenvalue weighted by Crippen LogP contribution is 2.55. The fourth-order valence-electron chi connectivity index (χ4n) is 5.89. The van der Waals surface area contributed by atoms with Gasteiger partial charge in [-0.3, -0.25) is 0 Å². The molecule has 0 radical (unpaired) electrons. The van der Waals surface area contributed by atoms with E-state index in [2.05, 4.69) is 66.7 Å². The number of rotatable bonds is 4. The SMILES string of the molecule is CCOC(=O)c1c2c(c3cccc4c3c1-c1ccccc1-4)OC(c1ccccc1)(c1ccccc1)C=C2. The van der Waals surface area contributed by atoms with E-state index < -0.39 is 5.60 Å². The number of carbonyl (C=O) groups excluding carboxylic acids is 1. The largest absolute Gasteiger partial charge is 0.472 e. The zero-order valence-electron chi connectivity index (χ0n) is 20.4. The predicted molar refractivity (Wildman–Crippen MR) is 148 cm³/mol. The molecule has 7 rings (SSSR count). The Morgan fingerprint density at radius 1 is 0.757 bits per heavy atom. The van der Waals surface area contributed by atoms with Crippen molar-refractivity contribution in [2.45, 2.75) is 12.5 Å². The van der Waals surface area contributed by atoms with Crippen LogP contribution in [0.3, 0.4) is 0 Å². The molecule has 3 heteroatoms. The molecule has 0 fully saturated rings. The molecule has 0 saturated carbocycles. The van der Waals surface area contributed by atoms with Crippen LogP contribution in [0.4, 0.5) is 0 Å². The molecular weight excluding hydrogens is 456 g/mol. The van der Waals surface area contributed by atoms with Crippen LogP contribution < -0.4 is 4.74 Å². The number of carbonyl (C=O) groups is 1. The number of ether oxygens (including phenoxy) is 2. The topological polar surface area (TPSA) is 35.5 Å². The summed E-state index contributed by atoms with van der Waals surface area (Å²) in [7, 11) is 0. The first-order valence-electron chi connectivity index (χ1n) is 12.6. The van der Waals surface area contributed by atoms with Gasteiger partial charge in [-0.2, -0.15) is 0 Å². The van der Waals surface area contributed by atoms with Gasteiger partial charge in [0.25, 0.3) is 0 Å². The van der Waals surface area contributed by atoms with Crippen molar-refractivity contribution in [1.82, 2.24) is 0 Å². The van der Waals surface area contributed by atoms with Gasteiger partial charge in [-0.15, -0.1) is 0 Å². The van der Waals surface area contributed by atoms with Crippen molar-refractivity contribution in [3.8, 4) is 28.0 Å². The molecule has 0 spiro atoms. The summed E-state index contributed by atoms with van der Waals surface area (Å²) >= 11 is 0. The lowest BCUT2D eigenvalue weighted by molar-refractivity contribution is 0.0525. The molecule has 3 nitrogen and oxygen atoms in total. The third kappa shape index (κ3) is 3.04. The standard InChI is InChI=1S/C34H24O3/c1-2-36-33(35)31-28-20-21-34(22-12-5-3-6-13-22,23-14-7-4-8-15-23)37-32(28)27-19-11-18-25-24-16-9-10-17-26(24)30(31)29(25)27/h3-21H,2H2,1H3. The average molecular weight is 481 g/mol. The van der Waals surface area contributed by atoms with Gasteiger partial charge < -0.3 is 9.47 Å². The van der Waals surface area contributed by atoms with Crippen LogP contribution in [0, 0.1) is 0 Å². The van der Waals surface area contributed by atoms with E-state index in [4.69, 9.17) is 9.47 Å². The first kappa shape index (κ1) is 21.6. The molecule has 5 aromatic rings. The first-order chi connectivity index (χ1) is 18.2. The molecule has 178 valence electrons. The highest BCUT2D eigenvalue weighted by molar-refractivity contribution is 6.23. The molecule has 0 atom stereocenters. The predicted octanol–water partition coefficient (Wildman–Crippen LogP) is 8.01. The van der Waals surface area contributed by atoms with Crippen molar-refractivity contribution in [2.75, 3.05) is 6.61 Å². The van der Waals surface area contributed by atoms with Gasteiger partial charge in [0.15, 0.2) is 5.60 Å². The molecule has 1 heterocycles. The fraction of sp³-hybridized carbons (Fsp3) is 0.0882. The Hall–Kier alpha value is -4.63. The van der Waals surface area contributed by atoms with Gasteiger partial charge in [0.2, 0.25) is 0 Å². The summed E-state index contributed by atoms with van der Waals surface area (Å²) in [5.41, 5.74) is 6.74. The van der Waals surface area contributed by atoms with Crippen molar-refractivity contribution in [2.24, 2.45) is 0 Å². The van der Waals surface area contributed by atoms with Crippen LogP contribution >= 0.6 is 0 Å². The molecule has 1 aliphatic heterocycles. The van der Waals surface area contributed by atoms with Gasteiger partial charge >= 0.3 is 5.97 Å². The number of esters is 1. The number of hydrogen-bond acceptors (Lipinski definition) is 3. The van der Waals surface area contributed by atoms with Gasteiger partial charge in [-0.1, -0.05) is 103 Å². The van der Waals surface area contributed by atoms with Crippen LogP contribution in [0.25, 0.3) is 39.1 Å². The molecule has 37 heavy (non-hydrogen) atoms. The first-order valence-corrected chi connectivity index (χ1v) is 12.6. The van der Waals surface area contributed by atoms with Crippen molar-refractivity contribution >= 4 is 22.8 Å². The third-order valence-electron chi connectivity index (χ3n) is 7.44. The Morgan fingerprint density at radius 2 is 1.38 bits per heavy atom. The van der Waals surface area contributed by atoms with Crippen molar-refractivity contribution in [1.29, 1.82) is 0 Å². The van der Waals surface area contributed by atoms with Crippen LogP contribution in [-0.2, 0) is 10.3 Å². The van der Waals surface area contributed by atoms with E-state index in [1.54, 1.807) is 0 Å². The van der Waals surface area contributed by atoms with E-state index in [-0.39, 0.29) is 5.97 Å². The maximum Gasteiger partial charge on any atom is 0.339 e. The van der Waals surface area contributed by atoms with E-state index in [1.165, 1.54) is 0 Å². The second-order valence-electron chi connectivity index (χ2n) is 9.39. The van der Waals surface area contributed by atoms with Crippen LogP contribution in [0.15, 0.2) is 109 Å². The van der Waals surface area contributed by atoms with Gasteiger partial charge in [-0.05, 0) is 35.8 Å². The van der Waals surface area contributed by atoms with Crippen molar-refractivity contribution < 1.29 is 14.3 Å². The minimum atomic E-state index is -0.840. The van der Waals surface area contributed by atoms with Crippen LogP contribution in [0.1, 0.15) is 34.0 Å². The monoisotopic (exact) mass is 480 g/mol. The van der Waals surface area contributed by atoms with Gasteiger partial charge in [-0.25, -0.2) is 4.79 Å². The quantitative estimate of drug-likeness (QED) is 0.240. The third-order valence-corrected chi connectivity index (χ3v) is 7.44.